The zero-order chi connectivity index (χ0) is 18.4. The van der Waals surface area contributed by atoms with E-state index in [2.05, 4.69) is 15.5 Å². The van der Waals surface area contributed by atoms with Crippen LogP contribution in [-0.4, -0.2) is 28.7 Å². The number of rotatable bonds is 7. The summed E-state index contributed by atoms with van der Waals surface area (Å²) in [5, 5.41) is 14.5. The van der Waals surface area contributed by atoms with Gasteiger partial charge in [-0.25, -0.2) is 4.79 Å². The Balaban J connectivity index is 1.54. The molecule has 0 atom stereocenters. The largest absolute Gasteiger partial charge is 0.462 e. The fourth-order valence-electron chi connectivity index (χ4n) is 2.24. The molecular formula is C18H17N3O4S. The first-order chi connectivity index (χ1) is 12.7. The van der Waals surface area contributed by atoms with Crippen molar-refractivity contribution in [2.75, 3.05) is 11.9 Å². The van der Waals surface area contributed by atoms with Crippen LogP contribution in [0.5, 0.6) is 0 Å². The third-order valence-corrected chi connectivity index (χ3v) is 4.14. The highest BCUT2D eigenvalue weighted by Crippen LogP contribution is 2.21. The third-order valence-electron chi connectivity index (χ3n) is 3.46. The van der Waals surface area contributed by atoms with Crippen molar-refractivity contribution < 1.29 is 18.7 Å². The number of benzene rings is 1. The number of ether oxygens (including phenoxy) is 1. The molecule has 0 spiro atoms. The molecule has 0 aliphatic carbocycles. The van der Waals surface area contributed by atoms with Crippen LogP contribution in [0.3, 0.4) is 0 Å². The molecule has 134 valence electrons. The highest BCUT2D eigenvalue weighted by Gasteiger charge is 2.12. The van der Waals surface area contributed by atoms with Crippen LogP contribution >= 0.6 is 11.3 Å². The summed E-state index contributed by atoms with van der Waals surface area (Å²) in [7, 11) is 0. The second kappa shape index (κ2) is 8.39. The number of aromatic nitrogens is 2. The van der Waals surface area contributed by atoms with E-state index in [1.54, 1.807) is 42.5 Å². The van der Waals surface area contributed by atoms with Crippen molar-refractivity contribution >= 4 is 28.9 Å². The van der Waals surface area contributed by atoms with Gasteiger partial charge in [0.25, 0.3) is 0 Å². The molecule has 7 nitrogen and oxygen atoms in total. The van der Waals surface area contributed by atoms with Crippen LogP contribution in [0, 0.1) is 0 Å². The molecular weight excluding hydrogens is 354 g/mol. The van der Waals surface area contributed by atoms with Crippen LogP contribution in [0.2, 0.25) is 0 Å². The number of amides is 1. The molecule has 0 saturated carbocycles. The third kappa shape index (κ3) is 4.54. The highest BCUT2D eigenvalue weighted by atomic mass is 32.1. The molecule has 26 heavy (non-hydrogen) atoms. The molecule has 1 amide bonds. The highest BCUT2D eigenvalue weighted by molar-refractivity contribution is 7.08. The maximum absolute atomic E-state index is 12.1. The number of nitrogens with one attached hydrogen (secondary N) is 1. The minimum Gasteiger partial charge on any atom is -0.462 e. The molecule has 0 radical (unpaired) electrons. The Morgan fingerprint density at radius 2 is 2.15 bits per heavy atom. The fraction of sp³-hybridized carbons (Fsp3) is 0.222. The zero-order valence-corrected chi connectivity index (χ0v) is 14.9. The van der Waals surface area contributed by atoms with Gasteiger partial charge >= 0.3 is 5.97 Å². The maximum atomic E-state index is 12.1. The molecule has 3 aromatic rings. The van der Waals surface area contributed by atoms with Crippen LogP contribution in [0.15, 0.2) is 45.5 Å². The van der Waals surface area contributed by atoms with E-state index in [0.29, 0.717) is 36.1 Å². The topological polar surface area (TPSA) is 94.3 Å². The molecule has 0 aliphatic heterocycles. The Bertz CT molecular complexity index is 889. The minimum absolute atomic E-state index is 0.189. The van der Waals surface area contributed by atoms with Gasteiger partial charge in [0.05, 0.1) is 12.2 Å². The number of aryl methyl sites for hydroxylation is 1. The lowest BCUT2D eigenvalue weighted by atomic mass is 10.2. The number of nitrogens with zero attached hydrogens (tertiary/aromatic N) is 2. The van der Waals surface area contributed by atoms with Gasteiger partial charge in [-0.05, 0) is 36.6 Å². The number of anilines is 1. The molecule has 0 fully saturated rings. The van der Waals surface area contributed by atoms with Crippen molar-refractivity contribution in [1.82, 2.24) is 10.2 Å². The number of carbonyl (C=O) groups excluding carboxylic acids is 2. The first-order valence-corrected chi connectivity index (χ1v) is 9.02. The summed E-state index contributed by atoms with van der Waals surface area (Å²) in [6.45, 7) is 2.04. The first-order valence-electron chi connectivity index (χ1n) is 8.07. The van der Waals surface area contributed by atoms with E-state index in [4.69, 9.17) is 9.15 Å². The fourth-order valence-corrected chi connectivity index (χ4v) is 2.87. The lowest BCUT2D eigenvalue weighted by molar-refractivity contribution is -0.116. The van der Waals surface area contributed by atoms with E-state index in [1.807, 2.05) is 16.8 Å². The van der Waals surface area contributed by atoms with Crippen molar-refractivity contribution in [3.8, 4) is 11.5 Å². The van der Waals surface area contributed by atoms with Crippen LogP contribution in [0.25, 0.3) is 11.5 Å². The van der Waals surface area contributed by atoms with Gasteiger partial charge in [-0.3, -0.25) is 4.79 Å². The summed E-state index contributed by atoms with van der Waals surface area (Å²) in [6.07, 6.45) is 0.523. The van der Waals surface area contributed by atoms with E-state index in [-0.39, 0.29) is 12.3 Å². The SMILES string of the molecule is CCOC(=O)c1cccc(NC(=O)CCc2nnc(-c3ccsc3)o2)c1. The second-order valence-corrected chi connectivity index (χ2v) is 6.14. The average Bonchev–Trinajstić information content (AvgIpc) is 3.32. The van der Waals surface area contributed by atoms with Crippen molar-refractivity contribution in [2.24, 2.45) is 0 Å². The standard InChI is InChI=1S/C18H17N3O4S/c1-2-24-18(23)12-4-3-5-14(10-12)19-15(22)6-7-16-20-21-17(25-16)13-8-9-26-11-13/h3-5,8-11H,2,6-7H2,1H3,(H,19,22). The van der Waals surface area contributed by atoms with E-state index in [9.17, 15) is 9.59 Å². The van der Waals surface area contributed by atoms with Crippen molar-refractivity contribution in [3.63, 3.8) is 0 Å². The quantitative estimate of drug-likeness (QED) is 0.638. The van der Waals surface area contributed by atoms with Gasteiger partial charge in [0.1, 0.15) is 0 Å². The molecule has 1 N–H and O–H groups in total. The monoisotopic (exact) mass is 371 g/mol. The van der Waals surface area contributed by atoms with Gasteiger partial charge in [0.2, 0.25) is 17.7 Å². The van der Waals surface area contributed by atoms with E-state index >= 15 is 0 Å². The van der Waals surface area contributed by atoms with Gasteiger partial charge < -0.3 is 14.5 Å². The number of thiophene rings is 1. The lowest BCUT2D eigenvalue weighted by Crippen LogP contribution is -2.13. The normalized spacial score (nSPS) is 10.5. The van der Waals surface area contributed by atoms with Crippen LogP contribution in [0.4, 0.5) is 5.69 Å². The molecule has 1 aromatic carbocycles. The Morgan fingerprint density at radius 3 is 2.92 bits per heavy atom. The maximum Gasteiger partial charge on any atom is 0.338 e. The summed E-state index contributed by atoms with van der Waals surface area (Å²) < 4.78 is 10.5. The molecule has 8 heteroatoms. The smallest absolute Gasteiger partial charge is 0.338 e. The van der Waals surface area contributed by atoms with Crippen molar-refractivity contribution in [2.45, 2.75) is 19.8 Å². The van der Waals surface area contributed by atoms with Crippen LogP contribution < -0.4 is 5.32 Å². The van der Waals surface area contributed by atoms with Crippen LogP contribution in [0.1, 0.15) is 29.6 Å². The summed E-state index contributed by atoms with van der Waals surface area (Å²) in [6, 6.07) is 8.51. The predicted molar refractivity (Wildman–Crippen MR) is 97.0 cm³/mol. The number of carbonyl (C=O) groups is 2. The molecule has 0 unspecified atom stereocenters. The van der Waals surface area contributed by atoms with E-state index in [0.717, 1.165) is 5.56 Å². The number of esters is 1. The van der Waals surface area contributed by atoms with Gasteiger partial charge in [-0.2, -0.15) is 11.3 Å². The van der Waals surface area contributed by atoms with E-state index < -0.39 is 5.97 Å². The summed E-state index contributed by atoms with van der Waals surface area (Å²) >= 11 is 1.54. The average molecular weight is 371 g/mol. The van der Waals surface area contributed by atoms with Gasteiger partial charge in [0, 0.05) is 29.5 Å². The Kier molecular flexibility index (Phi) is 5.75. The summed E-state index contributed by atoms with van der Waals surface area (Å²) in [5.41, 5.74) is 1.79. The summed E-state index contributed by atoms with van der Waals surface area (Å²) in [4.78, 5) is 23.8. The minimum atomic E-state index is -0.421. The van der Waals surface area contributed by atoms with Gasteiger partial charge in [-0.15, -0.1) is 10.2 Å². The Morgan fingerprint density at radius 1 is 1.27 bits per heavy atom. The molecule has 0 bridgehead atoms. The van der Waals surface area contributed by atoms with Gasteiger partial charge in [0.15, 0.2) is 0 Å². The Labute approximate surface area is 154 Å². The molecule has 2 aromatic heterocycles. The molecule has 0 aliphatic rings. The molecule has 2 heterocycles. The lowest BCUT2D eigenvalue weighted by Gasteiger charge is -2.06. The van der Waals surface area contributed by atoms with Gasteiger partial charge in [-0.1, -0.05) is 6.07 Å². The van der Waals surface area contributed by atoms with Crippen molar-refractivity contribution in [3.05, 3.63) is 52.5 Å². The molecule has 0 saturated heterocycles. The van der Waals surface area contributed by atoms with E-state index in [1.165, 1.54) is 0 Å². The summed E-state index contributed by atoms with van der Waals surface area (Å²) in [5.74, 6) is 0.224. The van der Waals surface area contributed by atoms with Crippen molar-refractivity contribution in [1.29, 1.82) is 0 Å². The molecule has 3 rings (SSSR count). The second-order valence-electron chi connectivity index (χ2n) is 5.36. The first kappa shape index (κ1) is 17.8. The zero-order valence-electron chi connectivity index (χ0n) is 14.1. The predicted octanol–water partition coefficient (Wildman–Crippen LogP) is 3.55. The number of hydrogen-bond acceptors (Lipinski definition) is 7. The number of hydrogen-bond donors (Lipinski definition) is 1. The Hall–Kier alpha value is -3.00. The van der Waals surface area contributed by atoms with Crippen LogP contribution in [-0.2, 0) is 16.0 Å².